The third kappa shape index (κ3) is 4.57. The number of rotatable bonds is 3. The molecule has 0 atom stereocenters. The smallest absolute Gasteiger partial charge is 0.340 e. The van der Waals surface area contributed by atoms with Gasteiger partial charge in [0, 0.05) is 6.54 Å². The maximum absolute atomic E-state index is 13.4. The van der Waals surface area contributed by atoms with Gasteiger partial charge in [-0.3, -0.25) is 0 Å². The second-order valence-electron chi connectivity index (χ2n) is 5.34. The largest absolute Gasteiger partial charge is 0.478 e. The van der Waals surface area contributed by atoms with Crippen LogP contribution in [0.5, 0.6) is 0 Å². The Kier molecular flexibility index (Phi) is 4.47. The van der Waals surface area contributed by atoms with Gasteiger partial charge in [0.15, 0.2) is 0 Å². The number of carboxylic acids is 1. The summed E-state index contributed by atoms with van der Waals surface area (Å²) in [6.45, 7) is 6.24. The van der Waals surface area contributed by atoms with E-state index in [0.29, 0.717) is 6.54 Å². The highest BCUT2D eigenvalue weighted by Crippen LogP contribution is 2.19. The lowest BCUT2D eigenvalue weighted by atomic mass is 9.97. The second kappa shape index (κ2) is 5.69. The molecule has 3 N–H and O–H groups in total. The van der Waals surface area contributed by atoms with Gasteiger partial charge in [0.05, 0.1) is 5.69 Å². The average Bonchev–Trinajstić information content (AvgIpc) is 2.25. The van der Waals surface area contributed by atoms with Crippen molar-refractivity contribution in [2.24, 2.45) is 5.41 Å². The molecule has 0 aliphatic carbocycles. The number of aromatic carboxylic acids is 1. The molecule has 6 heteroatoms. The number of anilines is 1. The Morgan fingerprint density at radius 2 is 1.95 bits per heavy atom. The fraction of sp³-hybridized carbons (Fsp3) is 0.385. The highest BCUT2D eigenvalue weighted by atomic mass is 19.1. The molecule has 0 aliphatic heterocycles. The monoisotopic (exact) mass is 268 g/mol. The molecule has 0 saturated heterocycles. The summed E-state index contributed by atoms with van der Waals surface area (Å²) in [7, 11) is 0. The number of hydrogen-bond acceptors (Lipinski definition) is 2. The van der Waals surface area contributed by atoms with Crippen molar-refractivity contribution < 1.29 is 19.1 Å². The van der Waals surface area contributed by atoms with Gasteiger partial charge in [-0.25, -0.2) is 14.0 Å². The van der Waals surface area contributed by atoms with Crippen molar-refractivity contribution in [3.8, 4) is 0 Å². The zero-order valence-electron chi connectivity index (χ0n) is 11.1. The van der Waals surface area contributed by atoms with Gasteiger partial charge in [-0.2, -0.15) is 0 Å². The summed E-state index contributed by atoms with van der Waals surface area (Å²) in [6, 6.07) is 3.13. The van der Waals surface area contributed by atoms with Gasteiger partial charge in [-0.1, -0.05) is 26.8 Å². The summed E-state index contributed by atoms with van der Waals surface area (Å²) in [5.41, 5.74) is -0.721. The minimum atomic E-state index is -1.43. The first kappa shape index (κ1) is 14.9. The van der Waals surface area contributed by atoms with Crippen LogP contribution >= 0.6 is 0 Å². The van der Waals surface area contributed by atoms with Gasteiger partial charge >= 0.3 is 12.0 Å². The molecule has 0 bridgehead atoms. The summed E-state index contributed by atoms with van der Waals surface area (Å²) in [5, 5.41) is 13.8. The van der Waals surface area contributed by atoms with Crippen molar-refractivity contribution in [1.82, 2.24) is 5.32 Å². The first-order chi connectivity index (χ1) is 8.70. The molecule has 0 unspecified atom stereocenters. The first-order valence-electron chi connectivity index (χ1n) is 5.77. The van der Waals surface area contributed by atoms with Crippen LogP contribution in [-0.4, -0.2) is 23.7 Å². The molecule has 5 nitrogen and oxygen atoms in total. The summed E-state index contributed by atoms with van der Waals surface area (Å²) in [6.07, 6.45) is 0. The first-order valence-corrected chi connectivity index (χ1v) is 5.77. The number of hydrogen-bond donors (Lipinski definition) is 3. The fourth-order valence-electron chi connectivity index (χ4n) is 1.36. The van der Waals surface area contributed by atoms with Crippen molar-refractivity contribution in [1.29, 1.82) is 0 Å². The summed E-state index contributed by atoms with van der Waals surface area (Å²) in [5.74, 6) is -2.31. The van der Waals surface area contributed by atoms with Gasteiger partial charge in [0.25, 0.3) is 0 Å². The fourth-order valence-corrected chi connectivity index (χ4v) is 1.36. The summed E-state index contributed by atoms with van der Waals surface area (Å²) >= 11 is 0. The van der Waals surface area contributed by atoms with E-state index in [1.165, 1.54) is 12.1 Å². The highest BCUT2D eigenvalue weighted by molar-refractivity contribution is 6.00. The zero-order chi connectivity index (χ0) is 14.6. The van der Waals surface area contributed by atoms with E-state index in [-0.39, 0.29) is 11.1 Å². The number of carbonyl (C=O) groups excluding carboxylic acids is 1. The standard InChI is InChI=1S/C13H17FN2O3/c1-13(2,3)7-15-12(19)16-9-6-4-5-8(14)10(9)11(17)18/h4-6H,7H2,1-3H3,(H,17,18)(H2,15,16,19). The van der Waals surface area contributed by atoms with E-state index >= 15 is 0 Å². The minimum absolute atomic E-state index is 0.0705. The molecule has 19 heavy (non-hydrogen) atoms. The molecule has 2 amide bonds. The molecule has 0 heterocycles. The van der Waals surface area contributed by atoms with E-state index in [1.807, 2.05) is 20.8 Å². The Hall–Kier alpha value is -2.11. The number of benzene rings is 1. The molecule has 0 spiro atoms. The minimum Gasteiger partial charge on any atom is -0.478 e. The maximum atomic E-state index is 13.4. The van der Waals surface area contributed by atoms with Crippen molar-refractivity contribution >= 4 is 17.7 Å². The lowest BCUT2D eigenvalue weighted by molar-refractivity contribution is 0.0693. The molecule has 1 aromatic carbocycles. The van der Waals surface area contributed by atoms with Crippen LogP contribution in [0.3, 0.4) is 0 Å². The average molecular weight is 268 g/mol. The van der Waals surface area contributed by atoms with Crippen LogP contribution in [0.4, 0.5) is 14.9 Å². The van der Waals surface area contributed by atoms with Crippen molar-refractivity contribution in [2.75, 3.05) is 11.9 Å². The topological polar surface area (TPSA) is 78.4 Å². The van der Waals surface area contributed by atoms with E-state index in [9.17, 15) is 14.0 Å². The number of urea groups is 1. The van der Waals surface area contributed by atoms with Crippen LogP contribution in [-0.2, 0) is 0 Å². The van der Waals surface area contributed by atoms with Crippen LogP contribution in [0.15, 0.2) is 18.2 Å². The highest BCUT2D eigenvalue weighted by Gasteiger charge is 2.18. The third-order valence-corrected chi connectivity index (χ3v) is 2.25. The molecule has 0 fully saturated rings. The van der Waals surface area contributed by atoms with Crippen LogP contribution in [0.1, 0.15) is 31.1 Å². The Labute approximate surface area is 110 Å². The Balaban J connectivity index is 2.80. The quantitative estimate of drug-likeness (QED) is 0.788. The van der Waals surface area contributed by atoms with Gasteiger partial charge in [0.1, 0.15) is 11.4 Å². The van der Waals surface area contributed by atoms with Crippen molar-refractivity contribution in [2.45, 2.75) is 20.8 Å². The van der Waals surface area contributed by atoms with Crippen molar-refractivity contribution in [3.63, 3.8) is 0 Å². The molecular weight excluding hydrogens is 251 g/mol. The summed E-state index contributed by atoms with van der Waals surface area (Å²) < 4.78 is 13.4. The summed E-state index contributed by atoms with van der Waals surface area (Å²) in [4.78, 5) is 22.5. The lowest BCUT2D eigenvalue weighted by Crippen LogP contribution is -2.35. The van der Waals surface area contributed by atoms with Crippen LogP contribution in [0.25, 0.3) is 0 Å². The molecule has 0 radical (unpaired) electrons. The number of nitrogens with one attached hydrogen (secondary N) is 2. The number of halogens is 1. The van der Waals surface area contributed by atoms with E-state index in [4.69, 9.17) is 5.11 Å². The number of carboxylic acid groups (broad SMARTS) is 1. The van der Waals surface area contributed by atoms with Gasteiger partial charge in [-0.05, 0) is 17.5 Å². The molecular formula is C13H17FN2O3. The predicted octanol–water partition coefficient (Wildman–Crippen LogP) is 2.69. The predicted molar refractivity (Wildman–Crippen MR) is 69.8 cm³/mol. The lowest BCUT2D eigenvalue weighted by Gasteiger charge is -2.19. The second-order valence-corrected chi connectivity index (χ2v) is 5.34. The Bertz CT molecular complexity index is 495. The molecule has 104 valence electrons. The van der Waals surface area contributed by atoms with E-state index in [2.05, 4.69) is 10.6 Å². The van der Waals surface area contributed by atoms with Crippen molar-refractivity contribution in [3.05, 3.63) is 29.6 Å². The zero-order valence-corrected chi connectivity index (χ0v) is 11.1. The van der Waals surface area contributed by atoms with Crippen LogP contribution in [0.2, 0.25) is 0 Å². The van der Waals surface area contributed by atoms with E-state index in [0.717, 1.165) is 6.07 Å². The molecule has 0 aromatic heterocycles. The Morgan fingerprint density at radius 1 is 1.32 bits per heavy atom. The normalized spacial score (nSPS) is 10.9. The number of amides is 2. The molecule has 0 aliphatic rings. The van der Waals surface area contributed by atoms with E-state index in [1.54, 1.807) is 0 Å². The van der Waals surface area contributed by atoms with Crippen LogP contribution < -0.4 is 10.6 Å². The van der Waals surface area contributed by atoms with E-state index < -0.39 is 23.4 Å². The molecule has 1 aromatic rings. The SMILES string of the molecule is CC(C)(C)CNC(=O)Nc1cccc(F)c1C(=O)O. The Morgan fingerprint density at radius 3 is 2.47 bits per heavy atom. The van der Waals surface area contributed by atoms with Gasteiger partial charge in [0.2, 0.25) is 0 Å². The molecule has 0 saturated carbocycles. The third-order valence-electron chi connectivity index (χ3n) is 2.25. The van der Waals surface area contributed by atoms with Crippen LogP contribution in [0, 0.1) is 11.2 Å². The van der Waals surface area contributed by atoms with Gasteiger partial charge in [-0.15, -0.1) is 0 Å². The molecule has 1 rings (SSSR count). The maximum Gasteiger partial charge on any atom is 0.340 e. The van der Waals surface area contributed by atoms with Gasteiger partial charge < -0.3 is 15.7 Å². The number of carbonyl (C=O) groups is 2.